The van der Waals surface area contributed by atoms with Gasteiger partial charge in [-0.25, -0.2) is 4.98 Å². The molecule has 1 aliphatic heterocycles. The number of halogens is 3. The number of nitrogens with two attached hydrogens (primary N) is 1. The average Bonchev–Trinajstić information content (AvgIpc) is 3.38. The van der Waals surface area contributed by atoms with Crippen LogP contribution in [0.25, 0.3) is 11.0 Å². The Kier molecular flexibility index (Phi) is 12.4. The number of ether oxygens (including phenoxy) is 1. The van der Waals surface area contributed by atoms with Gasteiger partial charge in [-0.15, -0.1) is 0 Å². The van der Waals surface area contributed by atoms with Crippen LogP contribution in [0.4, 0.5) is 18.9 Å². The molecular formula is C34H54F3N5O2. The maximum Gasteiger partial charge on any atom is 0.406 e. The van der Waals surface area contributed by atoms with E-state index in [2.05, 4.69) is 25.8 Å². The average molecular weight is 622 g/mol. The fourth-order valence-electron chi connectivity index (χ4n) is 6.77. The third kappa shape index (κ3) is 9.83. The fourth-order valence-corrected chi connectivity index (χ4v) is 6.77. The SMILES string of the molecule is CC(C)(C)CCCCCCCCCCCOCn1ccc2c3c(cnc21)C(=O)N(CC(F)(F)F)CN3C1CCC(CN)CC1. The van der Waals surface area contributed by atoms with E-state index in [1.807, 2.05) is 21.7 Å². The van der Waals surface area contributed by atoms with Gasteiger partial charge in [-0.05, 0) is 62.5 Å². The second kappa shape index (κ2) is 15.8. The Hall–Kier alpha value is -2.33. The first kappa shape index (κ1) is 34.5. The molecule has 0 aromatic carbocycles. The van der Waals surface area contributed by atoms with Crippen molar-refractivity contribution in [2.75, 3.05) is 31.3 Å². The second-order valence-corrected chi connectivity index (χ2v) is 14.2. The quantitative estimate of drug-likeness (QED) is 0.191. The van der Waals surface area contributed by atoms with Gasteiger partial charge in [0, 0.05) is 30.4 Å². The second-order valence-electron chi connectivity index (χ2n) is 14.2. The molecule has 7 nitrogen and oxygen atoms in total. The summed E-state index contributed by atoms with van der Waals surface area (Å²) in [4.78, 5) is 20.7. The molecule has 2 aromatic rings. The third-order valence-corrected chi connectivity index (χ3v) is 9.29. The molecule has 0 spiro atoms. The van der Waals surface area contributed by atoms with E-state index in [4.69, 9.17) is 10.5 Å². The number of rotatable bonds is 16. The zero-order valence-corrected chi connectivity index (χ0v) is 27.1. The van der Waals surface area contributed by atoms with Crippen LogP contribution in [0, 0.1) is 11.3 Å². The predicted octanol–water partition coefficient (Wildman–Crippen LogP) is 8.26. The summed E-state index contributed by atoms with van der Waals surface area (Å²) in [5.74, 6) is -0.185. The Labute approximate surface area is 261 Å². The molecule has 1 fully saturated rings. The first-order valence-electron chi connectivity index (χ1n) is 16.8. The summed E-state index contributed by atoms with van der Waals surface area (Å²) in [5.41, 5.74) is 7.95. The van der Waals surface area contributed by atoms with Gasteiger partial charge in [0.1, 0.15) is 18.9 Å². The number of aromatic nitrogens is 2. The molecule has 10 heteroatoms. The maximum atomic E-state index is 13.4. The van der Waals surface area contributed by atoms with E-state index in [1.165, 1.54) is 57.6 Å². The molecule has 0 bridgehead atoms. The van der Waals surface area contributed by atoms with E-state index < -0.39 is 18.6 Å². The Bertz CT molecular complexity index is 1180. The maximum absolute atomic E-state index is 13.4. The van der Waals surface area contributed by atoms with Gasteiger partial charge >= 0.3 is 6.18 Å². The van der Waals surface area contributed by atoms with Crippen molar-refractivity contribution in [3.8, 4) is 0 Å². The van der Waals surface area contributed by atoms with Gasteiger partial charge in [0.05, 0.1) is 17.9 Å². The topological polar surface area (TPSA) is 76.6 Å². The van der Waals surface area contributed by atoms with Gasteiger partial charge in [-0.3, -0.25) is 4.79 Å². The van der Waals surface area contributed by atoms with Crippen molar-refractivity contribution in [1.82, 2.24) is 14.5 Å². The minimum atomic E-state index is -4.47. The molecule has 0 atom stereocenters. The summed E-state index contributed by atoms with van der Waals surface area (Å²) in [6.07, 6.45) is 15.0. The Morgan fingerprint density at radius 1 is 0.955 bits per heavy atom. The number of pyridine rings is 1. The molecule has 2 aromatic heterocycles. The third-order valence-electron chi connectivity index (χ3n) is 9.29. The van der Waals surface area contributed by atoms with Crippen LogP contribution in [0.2, 0.25) is 0 Å². The van der Waals surface area contributed by atoms with Gasteiger partial charge < -0.3 is 24.8 Å². The number of carbonyl (C=O) groups excluding carboxylic acids is 1. The number of alkyl halides is 3. The number of hydrogen-bond acceptors (Lipinski definition) is 5. The molecule has 44 heavy (non-hydrogen) atoms. The Morgan fingerprint density at radius 2 is 1.59 bits per heavy atom. The van der Waals surface area contributed by atoms with E-state index in [9.17, 15) is 18.0 Å². The Balaban J connectivity index is 1.29. The van der Waals surface area contributed by atoms with Crippen LogP contribution in [0.3, 0.4) is 0 Å². The molecule has 1 amide bonds. The lowest BCUT2D eigenvalue weighted by Crippen LogP contribution is -2.54. The number of fused-ring (bicyclic) bond motifs is 3. The fraction of sp³-hybridized carbons (Fsp3) is 0.765. The molecule has 248 valence electrons. The zero-order valence-electron chi connectivity index (χ0n) is 27.1. The molecule has 3 heterocycles. The zero-order chi connectivity index (χ0) is 31.7. The smallest absolute Gasteiger partial charge is 0.361 e. The van der Waals surface area contributed by atoms with Crippen molar-refractivity contribution < 1.29 is 22.7 Å². The van der Waals surface area contributed by atoms with Crippen molar-refractivity contribution in [2.45, 2.75) is 130 Å². The van der Waals surface area contributed by atoms with E-state index in [-0.39, 0.29) is 18.3 Å². The number of nitrogens with zero attached hydrogens (tertiary/aromatic N) is 4. The van der Waals surface area contributed by atoms with Gasteiger partial charge in [0.2, 0.25) is 0 Å². The first-order chi connectivity index (χ1) is 21.0. The molecule has 4 rings (SSSR count). The standard InChI is InChI=1S/C34H54F3N5O2/c1-33(2,3)18-11-9-7-5-4-6-8-10-12-20-44-25-40-19-17-28-30-29(22-39-31(28)40)32(43)41(23-34(35,36)37)24-42(30)27-15-13-26(21-38)14-16-27/h17,19,22,26-27H,4-16,18,20-21,23-25,38H2,1-3H3. The number of anilines is 1. The predicted molar refractivity (Wildman–Crippen MR) is 171 cm³/mol. The summed E-state index contributed by atoms with van der Waals surface area (Å²) < 4.78 is 48.1. The van der Waals surface area contributed by atoms with Crippen LogP contribution in [-0.2, 0) is 11.5 Å². The number of carbonyl (C=O) groups is 1. The highest BCUT2D eigenvalue weighted by Crippen LogP contribution is 2.40. The lowest BCUT2D eigenvalue weighted by molar-refractivity contribution is -0.141. The lowest BCUT2D eigenvalue weighted by atomic mass is 9.85. The Morgan fingerprint density at radius 3 is 2.20 bits per heavy atom. The van der Waals surface area contributed by atoms with Crippen LogP contribution in [-0.4, -0.2) is 58.9 Å². The monoisotopic (exact) mass is 621 g/mol. The summed E-state index contributed by atoms with van der Waals surface area (Å²) >= 11 is 0. The molecule has 0 unspecified atom stereocenters. The van der Waals surface area contributed by atoms with Crippen molar-refractivity contribution in [1.29, 1.82) is 0 Å². The van der Waals surface area contributed by atoms with Gasteiger partial charge in [0.25, 0.3) is 5.91 Å². The number of hydrogen-bond donors (Lipinski definition) is 1. The minimum absolute atomic E-state index is 0.0408. The van der Waals surface area contributed by atoms with Crippen LogP contribution in [0.15, 0.2) is 18.5 Å². The van der Waals surface area contributed by atoms with Crippen molar-refractivity contribution in [3.05, 3.63) is 24.0 Å². The summed E-state index contributed by atoms with van der Waals surface area (Å²) in [7, 11) is 0. The van der Waals surface area contributed by atoms with Gasteiger partial charge in [0.15, 0.2) is 0 Å². The summed E-state index contributed by atoms with van der Waals surface area (Å²) in [5, 5.41) is 0.783. The van der Waals surface area contributed by atoms with E-state index >= 15 is 0 Å². The number of amides is 1. The van der Waals surface area contributed by atoms with Crippen LogP contribution >= 0.6 is 0 Å². The van der Waals surface area contributed by atoms with Crippen molar-refractivity contribution in [2.24, 2.45) is 17.1 Å². The van der Waals surface area contributed by atoms with E-state index in [1.54, 1.807) is 0 Å². The molecule has 0 radical (unpaired) electrons. The van der Waals surface area contributed by atoms with Gasteiger partial charge in [-0.2, -0.15) is 13.2 Å². The summed E-state index contributed by atoms with van der Waals surface area (Å²) in [6, 6.07) is 1.96. The number of unbranched alkanes of at least 4 members (excludes halogenated alkanes) is 8. The van der Waals surface area contributed by atoms with E-state index in [0.29, 0.717) is 42.5 Å². The highest BCUT2D eigenvalue weighted by molar-refractivity contribution is 6.08. The molecule has 0 saturated heterocycles. The molecule has 2 aliphatic rings. The van der Waals surface area contributed by atoms with Crippen LogP contribution < -0.4 is 10.6 Å². The highest BCUT2D eigenvalue weighted by atomic mass is 19.4. The molecule has 2 N–H and O–H groups in total. The molecular weight excluding hydrogens is 567 g/mol. The van der Waals surface area contributed by atoms with Crippen molar-refractivity contribution >= 4 is 22.6 Å². The normalized spacial score (nSPS) is 19.7. The van der Waals surface area contributed by atoms with Gasteiger partial charge in [-0.1, -0.05) is 72.1 Å². The van der Waals surface area contributed by atoms with Crippen molar-refractivity contribution in [3.63, 3.8) is 0 Å². The minimum Gasteiger partial charge on any atom is -0.361 e. The molecule has 1 saturated carbocycles. The van der Waals surface area contributed by atoms with Crippen LogP contribution in [0.1, 0.15) is 121 Å². The highest BCUT2D eigenvalue weighted by Gasteiger charge is 2.41. The summed E-state index contributed by atoms with van der Waals surface area (Å²) in [6.45, 7) is 7.22. The first-order valence-corrected chi connectivity index (χ1v) is 16.8. The largest absolute Gasteiger partial charge is 0.406 e. The lowest BCUT2D eigenvalue weighted by Gasteiger charge is -2.44. The van der Waals surface area contributed by atoms with Crippen LogP contribution in [0.5, 0.6) is 0 Å². The molecule has 1 aliphatic carbocycles. The van der Waals surface area contributed by atoms with E-state index in [0.717, 1.165) is 48.8 Å².